The third kappa shape index (κ3) is 7.53. The largest absolute Gasteiger partial charge is 0.468 e. The van der Waals surface area contributed by atoms with Crippen molar-refractivity contribution in [2.45, 2.75) is 44.8 Å². The molecule has 3 heterocycles. The number of aliphatic imine (C=N–C) groups is 1. The Hall–Kier alpha value is -0.840. The first-order valence-corrected chi connectivity index (χ1v) is 10.4. The van der Waals surface area contributed by atoms with Crippen LogP contribution in [0.4, 0.5) is 0 Å². The van der Waals surface area contributed by atoms with Crippen molar-refractivity contribution in [3.63, 3.8) is 0 Å². The van der Waals surface area contributed by atoms with E-state index in [2.05, 4.69) is 28.5 Å². The highest BCUT2D eigenvalue weighted by molar-refractivity contribution is 14.0. The van der Waals surface area contributed by atoms with Crippen LogP contribution in [0.5, 0.6) is 0 Å². The molecule has 2 fully saturated rings. The number of likely N-dealkylation sites (tertiary alicyclic amines) is 1. The molecule has 1 aromatic rings. The van der Waals surface area contributed by atoms with E-state index in [1.54, 1.807) is 6.26 Å². The summed E-state index contributed by atoms with van der Waals surface area (Å²) in [6.45, 7) is 9.02. The van der Waals surface area contributed by atoms with Gasteiger partial charge in [-0.05, 0) is 57.8 Å². The molecule has 3 rings (SSSR count). The number of rotatable bonds is 10. The minimum atomic E-state index is 0. The number of ether oxygens (including phenoxy) is 2. The summed E-state index contributed by atoms with van der Waals surface area (Å²) >= 11 is 0. The Kier molecular flexibility index (Phi) is 11.2. The van der Waals surface area contributed by atoms with Gasteiger partial charge in [0.2, 0.25) is 0 Å². The molecule has 160 valence electrons. The van der Waals surface area contributed by atoms with Crippen molar-refractivity contribution < 1.29 is 13.9 Å². The Morgan fingerprint density at radius 1 is 1.36 bits per heavy atom. The van der Waals surface area contributed by atoms with Crippen molar-refractivity contribution in [2.75, 3.05) is 52.5 Å². The highest BCUT2D eigenvalue weighted by Crippen LogP contribution is 2.25. The topological polar surface area (TPSA) is 71.3 Å². The molecule has 0 aliphatic carbocycles. The second kappa shape index (κ2) is 13.4. The van der Waals surface area contributed by atoms with Crippen LogP contribution in [-0.2, 0) is 9.47 Å². The number of guanidine groups is 1. The maximum absolute atomic E-state index is 5.82. The Morgan fingerprint density at radius 3 is 2.89 bits per heavy atom. The zero-order valence-electron chi connectivity index (χ0n) is 16.9. The van der Waals surface area contributed by atoms with E-state index in [-0.39, 0.29) is 36.1 Å². The smallest absolute Gasteiger partial charge is 0.191 e. The predicted octanol–water partition coefficient (Wildman–Crippen LogP) is 2.79. The van der Waals surface area contributed by atoms with Gasteiger partial charge < -0.3 is 24.5 Å². The molecule has 0 amide bonds. The molecule has 2 atom stereocenters. The van der Waals surface area contributed by atoms with E-state index in [1.807, 2.05) is 6.07 Å². The molecule has 2 aliphatic heterocycles. The van der Waals surface area contributed by atoms with E-state index < -0.39 is 0 Å². The predicted molar refractivity (Wildman–Crippen MR) is 121 cm³/mol. The number of nitrogens with one attached hydrogen (secondary N) is 2. The van der Waals surface area contributed by atoms with Gasteiger partial charge in [-0.15, -0.1) is 24.0 Å². The molecular formula is C20H35IN4O3. The van der Waals surface area contributed by atoms with Gasteiger partial charge in [-0.25, -0.2) is 0 Å². The standard InChI is InChI=1S/C20H34N4O3.HI/c1-2-21-20(22-9-6-13-26-17-8-14-25-16-17)23-15-18(19-7-5-12-27-19)24-10-3-4-11-24;/h5,7,12,17-18H,2-4,6,8-11,13-16H2,1H3,(H2,21,22,23);1H. The summed E-state index contributed by atoms with van der Waals surface area (Å²) in [6.07, 6.45) is 6.51. The number of halogens is 1. The van der Waals surface area contributed by atoms with Crippen LogP contribution in [0.25, 0.3) is 0 Å². The van der Waals surface area contributed by atoms with Gasteiger partial charge in [-0.1, -0.05) is 0 Å². The zero-order chi connectivity index (χ0) is 18.7. The monoisotopic (exact) mass is 506 g/mol. The van der Waals surface area contributed by atoms with E-state index in [9.17, 15) is 0 Å². The minimum Gasteiger partial charge on any atom is -0.468 e. The van der Waals surface area contributed by atoms with Crippen LogP contribution in [0.2, 0.25) is 0 Å². The van der Waals surface area contributed by atoms with Crippen LogP contribution in [0.1, 0.15) is 44.4 Å². The molecule has 8 heteroatoms. The van der Waals surface area contributed by atoms with E-state index in [0.29, 0.717) is 6.54 Å². The van der Waals surface area contributed by atoms with Crippen molar-refractivity contribution in [1.29, 1.82) is 0 Å². The SMILES string of the molecule is CCNC(=NCC(c1ccco1)N1CCCC1)NCCCOC1CCOC1.I. The average molecular weight is 506 g/mol. The Morgan fingerprint density at radius 2 is 2.21 bits per heavy atom. The summed E-state index contributed by atoms with van der Waals surface area (Å²) in [5, 5.41) is 6.75. The first kappa shape index (κ1) is 23.4. The van der Waals surface area contributed by atoms with Gasteiger partial charge in [0.1, 0.15) is 5.76 Å². The lowest BCUT2D eigenvalue weighted by atomic mass is 10.2. The summed E-state index contributed by atoms with van der Waals surface area (Å²) in [7, 11) is 0. The molecule has 2 N–H and O–H groups in total. The summed E-state index contributed by atoms with van der Waals surface area (Å²) in [5.41, 5.74) is 0. The lowest BCUT2D eigenvalue weighted by Gasteiger charge is -2.24. The molecule has 0 radical (unpaired) electrons. The average Bonchev–Trinajstić information content (AvgIpc) is 3.44. The van der Waals surface area contributed by atoms with Crippen molar-refractivity contribution in [3.8, 4) is 0 Å². The van der Waals surface area contributed by atoms with Crippen LogP contribution in [0, 0.1) is 0 Å². The molecule has 2 aliphatic rings. The van der Waals surface area contributed by atoms with Gasteiger partial charge in [0.05, 0.1) is 31.6 Å². The summed E-state index contributed by atoms with van der Waals surface area (Å²) in [4.78, 5) is 7.30. The number of hydrogen-bond acceptors (Lipinski definition) is 5. The van der Waals surface area contributed by atoms with Gasteiger partial charge in [0.25, 0.3) is 0 Å². The van der Waals surface area contributed by atoms with Gasteiger partial charge >= 0.3 is 0 Å². The minimum absolute atomic E-state index is 0. The molecule has 1 aromatic heterocycles. The van der Waals surface area contributed by atoms with Crippen LogP contribution >= 0.6 is 24.0 Å². The van der Waals surface area contributed by atoms with Crippen LogP contribution in [0.15, 0.2) is 27.8 Å². The van der Waals surface area contributed by atoms with Crippen LogP contribution in [-0.4, -0.2) is 69.5 Å². The molecule has 28 heavy (non-hydrogen) atoms. The van der Waals surface area contributed by atoms with E-state index in [1.165, 1.54) is 12.8 Å². The molecule has 2 unspecified atom stereocenters. The quantitative estimate of drug-likeness (QED) is 0.220. The Bertz CT molecular complexity index is 544. The normalized spacial score (nSPS) is 21.5. The van der Waals surface area contributed by atoms with E-state index >= 15 is 0 Å². The highest BCUT2D eigenvalue weighted by Gasteiger charge is 2.25. The lowest BCUT2D eigenvalue weighted by molar-refractivity contribution is 0.0420. The maximum Gasteiger partial charge on any atom is 0.191 e. The van der Waals surface area contributed by atoms with Crippen LogP contribution < -0.4 is 10.6 Å². The number of hydrogen-bond donors (Lipinski definition) is 2. The zero-order valence-corrected chi connectivity index (χ0v) is 19.2. The Labute approximate surface area is 185 Å². The van der Waals surface area contributed by atoms with Crippen LogP contribution in [0.3, 0.4) is 0 Å². The third-order valence-corrected chi connectivity index (χ3v) is 5.07. The fourth-order valence-electron chi connectivity index (χ4n) is 3.61. The van der Waals surface area contributed by atoms with Crippen molar-refractivity contribution in [2.24, 2.45) is 4.99 Å². The van der Waals surface area contributed by atoms with Gasteiger partial charge in [-0.2, -0.15) is 0 Å². The molecule has 0 bridgehead atoms. The molecule has 2 saturated heterocycles. The maximum atomic E-state index is 5.82. The summed E-state index contributed by atoms with van der Waals surface area (Å²) in [6, 6.07) is 4.23. The summed E-state index contributed by atoms with van der Waals surface area (Å²) < 4.78 is 16.8. The first-order chi connectivity index (χ1) is 13.4. The van der Waals surface area contributed by atoms with Crippen molar-refractivity contribution in [1.82, 2.24) is 15.5 Å². The molecular weight excluding hydrogens is 471 g/mol. The highest BCUT2D eigenvalue weighted by atomic mass is 127. The van der Waals surface area contributed by atoms with Gasteiger partial charge in [0.15, 0.2) is 5.96 Å². The summed E-state index contributed by atoms with van der Waals surface area (Å²) in [5.74, 6) is 1.86. The van der Waals surface area contributed by atoms with Crippen molar-refractivity contribution >= 4 is 29.9 Å². The van der Waals surface area contributed by atoms with Gasteiger partial charge in [0, 0.05) is 26.3 Å². The first-order valence-electron chi connectivity index (χ1n) is 10.4. The molecule has 0 spiro atoms. The van der Waals surface area contributed by atoms with Gasteiger partial charge in [-0.3, -0.25) is 9.89 Å². The molecule has 0 saturated carbocycles. The second-order valence-electron chi connectivity index (χ2n) is 7.13. The molecule has 7 nitrogen and oxygen atoms in total. The fourth-order valence-corrected chi connectivity index (χ4v) is 3.61. The number of nitrogens with zero attached hydrogens (tertiary/aromatic N) is 2. The Balaban J connectivity index is 0.00000280. The molecule has 0 aromatic carbocycles. The third-order valence-electron chi connectivity index (χ3n) is 5.07. The number of furan rings is 1. The van der Waals surface area contributed by atoms with Crippen molar-refractivity contribution in [3.05, 3.63) is 24.2 Å². The fraction of sp³-hybridized carbons (Fsp3) is 0.750. The van der Waals surface area contributed by atoms with E-state index in [4.69, 9.17) is 18.9 Å². The second-order valence-corrected chi connectivity index (χ2v) is 7.13. The lowest BCUT2D eigenvalue weighted by Crippen LogP contribution is -2.39. The van der Waals surface area contributed by atoms with E-state index in [0.717, 1.165) is 70.6 Å².